The zero-order valence-corrected chi connectivity index (χ0v) is 12.0. The van der Waals surface area contributed by atoms with Crippen molar-refractivity contribution in [2.75, 3.05) is 0 Å². The van der Waals surface area contributed by atoms with Crippen LogP contribution in [0.1, 0.15) is 15.9 Å². The van der Waals surface area contributed by atoms with Gasteiger partial charge in [0.25, 0.3) is 5.91 Å². The molecule has 2 rings (SSSR count). The van der Waals surface area contributed by atoms with Crippen LogP contribution in [0.5, 0.6) is 0 Å². The van der Waals surface area contributed by atoms with E-state index in [9.17, 15) is 13.6 Å². The number of carbonyl (C=O) groups is 1. The third-order valence-corrected chi connectivity index (χ3v) is 4.07. The third kappa shape index (κ3) is 3.26. The van der Waals surface area contributed by atoms with Gasteiger partial charge in [-0.05, 0) is 46.9 Å². The summed E-state index contributed by atoms with van der Waals surface area (Å²) in [7, 11) is 0. The van der Waals surface area contributed by atoms with Crippen LogP contribution in [0.25, 0.3) is 0 Å². The van der Waals surface area contributed by atoms with E-state index in [2.05, 4.69) is 27.9 Å². The predicted octanol–water partition coefficient (Wildman–Crippen LogP) is 3.56. The number of hydrogen-bond donors (Lipinski definition) is 1. The maximum atomic E-state index is 13.3. The van der Waals surface area contributed by atoms with Gasteiger partial charge >= 0.3 is 0 Å². The molecule has 0 spiro atoms. The first kappa shape index (κ1) is 13.4. The van der Waals surface area contributed by atoms with Gasteiger partial charge < -0.3 is 5.32 Å². The lowest BCUT2D eigenvalue weighted by atomic mass is 10.2. The monoisotopic (exact) mass is 379 g/mol. The van der Waals surface area contributed by atoms with E-state index in [4.69, 9.17) is 0 Å². The van der Waals surface area contributed by atoms with Gasteiger partial charge in [-0.15, -0.1) is 11.3 Å². The lowest BCUT2D eigenvalue weighted by molar-refractivity contribution is 0.0951. The number of carbonyl (C=O) groups excluding carboxylic acids is 1. The summed E-state index contributed by atoms with van der Waals surface area (Å²) in [6.07, 6.45) is 0. The lowest BCUT2D eigenvalue weighted by Crippen LogP contribution is -2.22. The van der Waals surface area contributed by atoms with Crippen LogP contribution in [0, 0.1) is 14.5 Å². The minimum atomic E-state index is -0.531. The molecule has 0 bridgehead atoms. The zero-order chi connectivity index (χ0) is 13.1. The van der Waals surface area contributed by atoms with Crippen LogP contribution < -0.4 is 5.32 Å². The maximum absolute atomic E-state index is 13.3. The van der Waals surface area contributed by atoms with Gasteiger partial charge in [-0.25, -0.2) is 8.78 Å². The van der Waals surface area contributed by atoms with Crippen LogP contribution in [0.2, 0.25) is 0 Å². The molecule has 0 saturated heterocycles. The molecule has 2 nitrogen and oxygen atoms in total. The Hall–Kier alpha value is -1.02. The number of halogens is 3. The second kappa shape index (κ2) is 5.75. The van der Waals surface area contributed by atoms with Crippen LogP contribution in [-0.2, 0) is 6.54 Å². The van der Waals surface area contributed by atoms with Crippen molar-refractivity contribution in [3.63, 3.8) is 0 Å². The fourth-order valence-electron chi connectivity index (χ4n) is 1.39. The van der Waals surface area contributed by atoms with Crippen molar-refractivity contribution in [2.24, 2.45) is 0 Å². The highest BCUT2D eigenvalue weighted by Crippen LogP contribution is 2.16. The molecule has 0 aliphatic carbocycles. The lowest BCUT2D eigenvalue weighted by Gasteiger charge is -2.05. The molecular formula is C12H8F2INOS. The first-order valence-corrected chi connectivity index (χ1v) is 6.98. The molecule has 0 saturated carbocycles. The van der Waals surface area contributed by atoms with Gasteiger partial charge in [-0.2, -0.15) is 0 Å². The van der Waals surface area contributed by atoms with E-state index in [-0.39, 0.29) is 18.0 Å². The molecule has 0 fully saturated rings. The summed E-state index contributed by atoms with van der Waals surface area (Å²) in [5.74, 6) is -1.35. The molecule has 1 amide bonds. The first-order valence-electron chi connectivity index (χ1n) is 5.02. The van der Waals surface area contributed by atoms with Gasteiger partial charge in [-0.3, -0.25) is 4.79 Å². The summed E-state index contributed by atoms with van der Waals surface area (Å²) in [5, 5.41) is 4.28. The van der Waals surface area contributed by atoms with Gasteiger partial charge in [0, 0.05) is 17.5 Å². The molecule has 1 aromatic heterocycles. The van der Waals surface area contributed by atoms with E-state index >= 15 is 0 Å². The molecule has 2 aromatic rings. The van der Waals surface area contributed by atoms with Crippen molar-refractivity contribution in [2.45, 2.75) is 6.54 Å². The highest BCUT2D eigenvalue weighted by atomic mass is 127. The minimum Gasteiger partial charge on any atom is -0.348 e. The van der Waals surface area contributed by atoms with E-state index in [0.717, 1.165) is 21.1 Å². The van der Waals surface area contributed by atoms with Crippen molar-refractivity contribution >= 4 is 39.8 Å². The number of thiophene rings is 1. The van der Waals surface area contributed by atoms with Crippen LogP contribution in [-0.4, -0.2) is 5.91 Å². The molecule has 94 valence electrons. The van der Waals surface area contributed by atoms with Gasteiger partial charge in [0.2, 0.25) is 0 Å². The Morgan fingerprint density at radius 3 is 2.78 bits per heavy atom. The smallest absolute Gasteiger partial charge is 0.252 e. The summed E-state index contributed by atoms with van der Waals surface area (Å²) >= 11 is 3.56. The Labute approximate surface area is 120 Å². The Kier molecular flexibility index (Phi) is 4.28. The molecule has 1 N–H and O–H groups in total. The van der Waals surface area contributed by atoms with E-state index in [1.807, 2.05) is 0 Å². The third-order valence-electron chi connectivity index (χ3n) is 2.28. The number of rotatable bonds is 3. The van der Waals surface area contributed by atoms with Gasteiger partial charge in [0.15, 0.2) is 0 Å². The fraction of sp³-hybridized carbons (Fsp3) is 0.0833. The summed E-state index contributed by atoms with van der Waals surface area (Å²) in [4.78, 5) is 11.7. The highest BCUT2D eigenvalue weighted by Gasteiger charge is 2.09. The van der Waals surface area contributed by atoms with Crippen LogP contribution in [0.3, 0.4) is 0 Å². The zero-order valence-electron chi connectivity index (χ0n) is 9.04. The van der Waals surface area contributed by atoms with E-state index < -0.39 is 11.6 Å². The average Bonchev–Trinajstić information content (AvgIpc) is 2.77. The number of nitrogens with one attached hydrogen (secondary N) is 1. The molecule has 0 aliphatic heterocycles. The molecule has 0 unspecified atom stereocenters. The Morgan fingerprint density at radius 1 is 1.33 bits per heavy atom. The van der Waals surface area contributed by atoms with Gasteiger partial charge in [0.1, 0.15) is 11.6 Å². The summed E-state index contributed by atoms with van der Waals surface area (Å²) in [6, 6.07) is 4.90. The Morgan fingerprint density at radius 2 is 2.11 bits per heavy atom. The average molecular weight is 379 g/mol. The molecule has 6 heteroatoms. The topological polar surface area (TPSA) is 29.1 Å². The molecule has 1 aromatic carbocycles. The van der Waals surface area contributed by atoms with Crippen LogP contribution in [0.4, 0.5) is 8.78 Å². The van der Waals surface area contributed by atoms with Crippen molar-refractivity contribution in [1.29, 1.82) is 0 Å². The second-order valence-corrected chi connectivity index (χ2v) is 6.36. The van der Waals surface area contributed by atoms with Crippen molar-refractivity contribution in [1.82, 2.24) is 5.32 Å². The highest BCUT2D eigenvalue weighted by molar-refractivity contribution is 14.1. The largest absolute Gasteiger partial charge is 0.348 e. The van der Waals surface area contributed by atoms with Crippen LogP contribution >= 0.6 is 33.9 Å². The summed E-state index contributed by atoms with van der Waals surface area (Å²) < 4.78 is 27.2. The van der Waals surface area contributed by atoms with Crippen molar-refractivity contribution in [3.8, 4) is 0 Å². The van der Waals surface area contributed by atoms with Gasteiger partial charge in [0.05, 0.1) is 8.45 Å². The number of benzene rings is 1. The Bertz CT molecular complexity index is 585. The second-order valence-electron chi connectivity index (χ2n) is 3.56. The normalized spacial score (nSPS) is 10.4. The quantitative estimate of drug-likeness (QED) is 0.812. The molecule has 18 heavy (non-hydrogen) atoms. The minimum absolute atomic E-state index is 0.0329. The summed E-state index contributed by atoms with van der Waals surface area (Å²) in [5.41, 5.74) is 0.662. The molecular weight excluding hydrogens is 371 g/mol. The van der Waals surface area contributed by atoms with Crippen molar-refractivity contribution in [3.05, 3.63) is 55.3 Å². The van der Waals surface area contributed by atoms with E-state index in [1.54, 1.807) is 11.4 Å². The maximum Gasteiger partial charge on any atom is 0.252 e. The number of amides is 1. The van der Waals surface area contributed by atoms with E-state index in [1.165, 1.54) is 11.3 Å². The summed E-state index contributed by atoms with van der Waals surface area (Å²) in [6.45, 7) is -0.0329. The molecule has 1 heterocycles. The molecule has 0 aliphatic rings. The first-order chi connectivity index (χ1) is 8.56. The van der Waals surface area contributed by atoms with Crippen molar-refractivity contribution < 1.29 is 13.6 Å². The Balaban J connectivity index is 2.03. The predicted molar refractivity (Wildman–Crippen MR) is 74.6 cm³/mol. The van der Waals surface area contributed by atoms with E-state index in [0.29, 0.717) is 5.56 Å². The molecule has 0 radical (unpaired) electrons. The number of hydrogen-bond acceptors (Lipinski definition) is 2. The standard InChI is InChI=1S/C12H8F2INOS/c13-9-1-2-10(14)7(3-9)5-16-12(17)8-4-11(15)18-6-8/h1-4,6H,5H2,(H,16,17). The SMILES string of the molecule is O=C(NCc1cc(F)ccc1F)c1csc(I)c1. The van der Waals surface area contributed by atoms with Gasteiger partial charge in [-0.1, -0.05) is 0 Å². The fourth-order valence-corrected chi connectivity index (χ4v) is 2.71. The van der Waals surface area contributed by atoms with Crippen LogP contribution in [0.15, 0.2) is 29.6 Å². The molecule has 0 atom stereocenters.